The molecule has 0 atom stereocenters. The largest absolute Gasteiger partial charge is 0.303 e. The minimum atomic E-state index is 1.07. The van der Waals surface area contributed by atoms with Gasteiger partial charge in [0.15, 0.2) is 0 Å². The van der Waals surface area contributed by atoms with Gasteiger partial charge in [-0.05, 0) is 11.1 Å². The summed E-state index contributed by atoms with van der Waals surface area (Å²) < 4.78 is 0. The molecule has 2 aromatic carbocycles. The molecule has 0 N–H and O–H groups in total. The van der Waals surface area contributed by atoms with Crippen LogP contribution in [0.4, 0.5) is 0 Å². The Balaban J connectivity index is 2.31. The third kappa shape index (κ3) is 1.53. The fourth-order valence-corrected chi connectivity index (χ4v) is 2.30. The molecule has 84 valence electrons. The van der Waals surface area contributed by atoms with Crippen molar-refractivity contribution in [2.75, 3.05) is 14.1 Å². The first-order chi connectivity index (χ1) is 8.27. The molecule has 1 aliphatic carbocycles. The highest BCUT2D eigenvalue weighted by atomic mass is 15.4. The van der Waals surface area contributed by atoms with E-state index in [9.17, 15) is 0 Å². The molecule has 0 amide bonds. The van der Waals surface area contributed by atoms with E-state index in [4.69, 9.17) is 0 Å². The molecule has 2 nitrogen and oxygen atoms in total. The van der Waals surface area contributed by atoms with Crippen molar-refractivity contribution in [3.05, 3.63) is 59.7 Å². The van der Waals surface area contributed by atoms with E-state index < -0.39 is 0 Å². The van der Waals surface area contributed by atoms with Crippen LogP contribution in [-0.4, -0.2) is 24.8 Å². The van der Waals surface area contributed by atoms with Gasteiger partial charge in [-0.25, -0.2) is 0 Å². The molecule has 1 aliphatic rings. The van der Waals surface area contributed by atoms with Crippen LogP contribution in [0.25, 0.3) is 11.1 Å². The Morgan fingerprint density at radius 1 is 0.706 bits per heavy atom. The number of hydrogen-bond donors (Lipinski definition) is 0. The van der Waals surface area contributed by atoms with Gasteiger partial charge in [0.1, 0.15) is 0 Å². The highest BCUT2D eigenvalue weighted by Crippen LogP contribution is 2.36. The molecule has 0 radical (unpaired) electrons. The molecule has 2 heteroatoms. The smallest absolute Gasteiger partial charge is 0.0988 e. The van der Waals surface area contributed by atoms with Gasteiger partial charge in [-0.1, -0.05) is 48.5 Å². The lowest BCUT2D eigenvalue weighted by Crippen LogP contribution is -2.09. The zero-order valence-corrected chi connectivity index (χ0v) is 10.0. The second-order valence-electron chi connectivity index (χ2n) is 4.39. The Morgan fingerprint density at radius 2 is 1.12 bits per heavy atom. The minimum absolute atomic E-state index is 1.07. The predicted octanol–water partition coefficient (Wildman–Crippen LogP) is 2.98. The van der Waals surface area contributed by atoms with Gasteiger partial charge >= 0.3 is 0 Å². The third-order valence-corrected chi connectivity index (χ3v) is 2.95. The fourth-order valence-electron chi connectivity index (χ4n) is 2.30. The second-order valence-corrected chi connectivity index (χ2v) is 4.39. The Labute approximate surface area is 101 Å². The van der Waals surface area contributed by atoms with Crippen LogP contribution >= 0.6 is 0 Å². The quantitative estimate of drug-likeness (QED) is 0.578. The molecule has 0 aliphatic heterocycles. The van der Waals surface area contributed by atoms with Crippen LogP contribution in [0, 0.1) is 0 Å². The van der Waals surface area contributed by atoms with Crippen molar-refractivity contribution in [2.45, 2.75) is 0 Å². The van der Waals surface area contributed by atoms with Gasteiger partial charge in [-0.15, -0.1) is 0 Å². The topological polar surface area (TPSA) is 15.6 Å². The first kappa shape index (κ1) is 10.1. The first-order valence-electron chi connectivity index (χ1n) is 5.72. The SMILES string of the molecule is CN(C)N=C1c2ccccc2-c2ccccc21. The fraction of sp³-hybridized carbons (Fsp3) is 0.133. The number of rotatable bonds is 1. The number of nitrogens with zero attached hydrogens (tertiary/aromatic N) is 2. The summed E-state index contributed by atoms with van der Waals surface area (Å²) in [6.45, 7) is 0. The molecule has 0 aromatic heterocycles. The van der Waals surface area contributed by atoms with Crippen molar-refractivity contribution < 1.29 is 0 Å². The average molecular weight is 222 g/mol. The molecule has 0 saturated carbocycles. The Kier molecular flexibility index (Phi) is 2.22. The summed E-state index contributed by atoms with van der Waals surface area (Å²) in [6, 6.07) is 16.9. The monoisotopic (exact) mass is 222 g/mol. The lowest BCUT2D eigenvalue weighted by molar-refractivity contribution is 0.438. The number of benzene rings is 2. The van der Waals surface area contributed by atoms with Gasteiger partial charge in [0.25, 0.3) is 0 Å². The highest BCUT2D eigenvalue weighted by Gasteiger charge is 2.23. The second kappa shape index (κ2) is 3.74. The molecule has 0 heterocycles. The maximum Gasteiger partial charge on any atom is 0.0988 e. The lowest BCUT2D eigenvalue weighted by atomic mass is 10.1. The van der Waals surface area contributed by atoms with Crippen LogP contribution in [0.15, 0.2) is 53.6 Å². The molecule has 0 bridgehead atoms. The van der Waals surface area contributed by atoms with Gasteiger partial charge in [-0.3, -0.25) is 0 Å². The lowest BCUT2D eigenvalue weighted by Gasteiger charge is -2.07. The third-order valence-electron chi connectivity index (χ3n) is 2.95. The standard InChI is InChI=1S/C15H14N2/c1-17(2)16-15-13-9-5-3-7-11(13)12-8-4-6-10-14(12)15/h3-10H,1-2H3. The molecule has 0 fully saturated rings. The van der Waals surface area contributed by atoms with Crippen LogP contribution in [0.5, 0.6) is 0 Å². The summed E-state index contributed by atoms with van der Waals surface area (Å²) in [4.78, 5) is 0. The van der Waals surface area contributed by atoms with E-state index in [-0.39, 0.29) is 0 Å². The van der Waals surface area contributed by atoms with Gasteiger partial charge in [0, 0.05) is 25.2 Å². The number of hydrazone groups is 1. The van der Waals surface area contributed by atoms with Crippen molar-refractivity contribution in [3.63, 3.8) is 0 Å². The molecular weight excluding hydrogens is 208 g/mol. The molecular formula is C15H14N2. The number of fused-ring (bicyclic) bond motifs is 3. The normalized spacial score (nSPS) is 12.0. The summed E-state index contributed by atoms with van der Waals surface area (Å²) in [5.74, 6) is 0. The van der Waals surface area contributed by atoms with Crippen LogP contribution in [0.2, 0.25) is 0 Å². The summed E-state index contributed by atoms with van der Waals surface area (Å²) in [5, 5.41) is 6.46. The van der Waals surface area contributed by atoms with E-state index in [0.29, 0.717) is 0 Å². The molecule has 3 rings (SSSR count). The van der Waals surface area contributed by atoms with E-state index >= 15 is 0 Å². The molecule has 0 spiro atoms. The number of hydrogen-bond acceptors (Lipinski definition) is 2. The van der Waals surface area contributed by atoms with E-state index in [1.165, 1.54) is 22.3 Å². The van der Waals surface area contributed by atoms with Gasteiger partial charge in [-0.2, -0.15) is 5.10 Å². The van der Waals surface area contributed by atoms with Crippen LogP contribution in [0.3, 0.4) is 0 Å². The van der Waals surface area contributed by atoms with Crippen molar-refractivity contribution in [3.8, 4) is 11.1 Å². The molecule has 17 heavy (non-hydrogen) atoms. The van der Waals surface area contributed by atoms with Gasteiger partial charge in [0.2, 0.25) is 0 Å². The highest BCUT2D eigenvalue weighted by molar-refractivity contribution is 6.24. The Morgan fingerprint density at radius 3 is 1.53 bits per heavy atom. The predicted molar refractivity (Wildman–Crippen MR) is 71.2 cm³/mol. The van der Waals surface area contributed by atoms with E-state index in [2.05, 4.69) is 53.6 Å². The summed E-state index contributed by atoms with van der Waals surface area (Å²) in [7, 11) is 3.91. The molecule has 0 saturated heterocycles. The average Bonchev–Trinajstić information content (AvgIpc) is 2.65. The van der Waals surface area contributed by atoms with Crippen molar-refractivity contribution in [1.82, 2.24) is 5.01 Å². The maximum atomic E-state index is 4.61. The van der Waals surface area contributed by atoms with Crippen LogP contribution in [0.1, 0.15) is 11.1 Å². The molecule has 2 aromatic rings. The maximum absolute atomic E-state index is 4.61. The van der Waals surface area contributed by atoms with E-state index in [0.717, 1.165) is 5.71 Å². The van der Waals surface area contributed by atoms with Crippen LogP contribution < -0.4 is 0 Å². The first-order valence-corrected chi connectivity index (χ1v) is 5.72. The van der Waals surface area contributed by atoms with Crippen molar-refractivity contribution in [1.29, 1.82) is 0 Å². The van der Waals surface area contributed by atoms with E-state index in [1.54, 1.807) is 0 Å². The zero-order valence-electron chi connectivity index (χ0n) is 10.0. The zero-order chi connectivity index (χ0) is 11.8. The van der Waals surface area contributed by atoms with Crippen molar-refractivity contribution in [2.24, 2.45) is 5.10 Å². The van der Waals surface area contributed by atoms with Gasteiger partial charge in [0.05, 0.1) is 5.71 Å². The Hall–Kier alpha value is -2.09. The molecule has 0 unspecified atom stereocenters. The summed E-state index contributed by atoms with van der Waals surface area (Å²) >= 11 is 0. The van der Waals surface area contributed by atoms with Gasteiger partial charge < -0.3 is 5.01 Å². The summed E-state index contributed by atoms with van der Waals surface area (Å²) in [5.41, 5.74) is 6.08. The van der Waals surface area contributed by atoms with Crippen LogP contribution in [-0.2, 0) is 0 Å². The van der Waals surface area contributed by atoms with Crippen molar-refractivity contribution >= 4 is 5.71 Å². The Bertz CT molecular complexity index is 550. The van der Waals surface area contributed by atoms with E-state index in [1.807, 2.05) is 19.1 Å². The minimum Gasteiger partial charge on any atom is -0.303 e. The summed E-state index contributed by atoms with van der Waals surface area (Å²) in [6.07, 6.45) is 0.